The van der Waals surface area contributed by atoms with Crippen molar-refractivity contribution in [2.45, 2.75) is 12.3 Å². The van der Waals surface area contributed by atoms with E-state index in [0.29, 0.717) is 14.2 Å². The summed E-state index contributed by atoms with van der Waals surface area (Å²) in [6.07, 6.45) is -5.56. The van der Waals surface area contributed by atoms with Gasteiger partial charge < -0.3 is 15.2 Å². The zero-order valence-corrected chi connectivity index (χ0v) is 16.1. The quantitative estimate of drug-likeness (QED) is 0.588. The highest BCUT2D eigenvalue weighted by Gasteiger charge is 2.30. The molecule has 2 aromatic carbocycles. The average Bonchev–Trinajstić information content (AvgIpc) is 2.57. The lowest BCUT2D eigenvalue weighted by Gasteiger charge is -2.15. The summed E-state index contributed by atoms with van der Waals surface area (Å²) in [6.45, 7) is -0.379. The fraction of sp³-hybridized carbons (Fsp3) is 0.235. The first-order valence-electron chi connectivity index (χ1n) is 7.38. The van der Waals surface area contributed by atoms with E-state index in [-0.39, 0.29) is 18.9 Å². The van der Waals surface area contributed by atoms with Gasteiger partial charge in [0.05, 0.1) is 11.1 Å². The van der Waals surface area contributed by atoms with Gasteiger partial charge in [-0.1, -0.05) is 17.7 Å². The highest BCUT2D eigenvalue weighted by Crippen LogP contribution is 2.31. The van der Waals surface area contributed by atoms with E-state index >= 15 is 0 Å². The van der Waals surface area contributed by atoms with Crippen LogP contribution in [0, 0.1) is 3.57 Å². The Labute approximate surface area is 166 Å². The number of carbonyl (C=O) groups excluding carboxylic acids is 1. The summed E-state index contributed by atoms with van der Waals surface area (Å²) in [5.41, 5.74) is -0.434. The number of ether oxygens (including phenoxy) is 1. The van der Waals surface area contributed by atoms with Gasteiger partial charge in [-0.05, 0) is 59.0 Å². The van der Waals surface area contributed by atoms with Crippen LogP contribution >= 0.6 is 34.2 Å². The SMILES string of the molecule is O=C(NCC(O)COc1cccc(C(F)(F)F)c1)c1ccc(Cl)cc1I. The second kappa shape index (κ2) is 8.92. The van der Waals surface area contributed by atoms with E-state index in [2.05, 4.69) is 5.32 Å². The van der Waals surface area contributed by atoms with Crippen LogP contribution in [0.2, 0.25) is 5.02 Å². The number of rotatable bonds is 6. The van der Waals surface area contributed by atoms with Gasteiger partial charge in [0.1, 0.15) is 18.5 Å². The van der Waals surface area contributed by atoms with Gasteiger partial charge in [0.25, 0.3) is 5.91 Å². The summed E-state index contributed by atoms with van der Waals surface area (Å²) in [6, 6.07) is 9.12. The lowest BCUT2D eigenvalue weighted by Crippen LogP contribution is -2.35. The first-order chi connectivity index (χ1) is 12.2. The Morgan fingerprint density at radius 2 is 2.00 bits per heavy atom. The van der Waals surface area contributed by atoms with E-state index in [1.807, 2.05) is 22.6 Å². The van der Waals surface area contributed by atoms with Crippen LogP contribution in [0.4, 0.5) is 13.2 Å². The monoisotopic (exact) mass is 499 g/mol. The molecule has 0 aliphatic rings. The Morgan fingerprint density at radius 3 is 2.65 bits per heavy atom. The van der Waals surface area contributed by atoms with Crippen LogP contribution in [0.15, 0.2) is 42.5 Å². The molecule has 1 amide bonds. The Hall–Kier alpha value is -1.52. The summed E-state index contributed by atoms with van der Waals surface area (Å²) >= 11 is 7.79. The molecule has 9 heteroatoms. The molecule has 1 atom stereocenters. The van der Waals surface area contributed by atoms with Crippen molar-refractivity contribution in [1.82, 2.24) is 5.32 Å². The maximum absolute atomic E-state index is 12.6. The summed E-state index contributed by atoms with van der Waals surface area (Å²) < 4.78 is 43.7. The second-order valence-corrected chi connectivity index (χ2v) is 6.92. The maximum atomic E-state index is 12.6. The molecule has 0 spiro atoms. The number of halogens is 5. The summed E-state index contributed by atoms with van der Waals surface area (Å²) in [7, 11) is 0. The first-order valence-corrected chi connectivity index (χ1v) is 8.84. The van der Waals surface area contributed by atoms with Crippen molar-refractivity contribution >= 4 is 40.1 Å². The average molecular weight is 500 g/mol. The smallest absolute Gasteiger partial charge is 0.416 e. The zero-order chi connectivity index (χ0) is 19.3. The molecule has 0 heterocycles. The molecule has 0 fully saturated rings. The van der Waals surface area contributed by atoms with Crippen LogP contribution in [-0.4, -0.2) is 30.3 Å². The fourth-order valence-electron chi connectivity index (χ4n) is 1.99. The molecule has 140 valence electrons. The van der Waals surface area contributed by atoms with Crippen molar-refractivity contribution in [3.8, 4) is 5.75 Å². The topological polar surface area (TPSA) is 58.6 Å². The molecule has 1 unspecified atom stereocenters. The number of aliphatic hydroxyl groups excluding tert-OH is 1. The number of aliphatic hydroxyl groups is 1. The number of alkyl halides is 3. The minimum Gasteiger partial charge on any atom is -0.491 e. The van der Waals surface area contributed by atoms with Gasteiger partial charge in [-0.25, -0.2) is 0 Å². The summed E-state index contributed by atoms with van der Waals surface area (Å²) in [5.74, 6) is -0.415. The number of carbonyl (C=O) groups is 1. The standard InChI is InChI=1S/C17H14ClF3INO3/c18-11-4-5-14(15(22)7-11)16(25)23-8-12(24)9-26-13-3-1-2-10(6-13)17(19,20)21/h1-7,12,24H,8-9H2,(H,23,25). The van der Waals surface area contributed by atoms with Crippen LogP contribution in [0.1, 0.15) is 15.9 Å². The Balaban J connectivity index is 1.85. The van der Waals surface area contributed by atoms with Crippen LogP contribution < -0.4 is 10.1 Å². The van der Waals surface area contributed by atoms with Gasteiger partial charge in [-0.15, -0.1) is 0 Å². The Morgan fingerprint density at radius 1 is 1.27 bits per heavy atom. The van der Waals surface area contributed by atoms with Crippen LogP contribution in [0.5, 0.6) is 5.75 Å². The van der Waals surface area contributed by atoms with E-state index in [9.17, 15) is 23.1 Å². The Kier molecular flexibility index (Phi) is 7.13. The fourth-order valence-corrected chi connectivity index (χ4v) is 3.11. The molecule has 0 aromatic heterocycles. The second-order valence-electron chi connectivity index (χ2n) is 5.32. The number of nitrogens with one attached hydrogen (secondary N) is 1. The van der Waals surface area contributed by atoms with E-state index in [1.54, 1.807) is 18.2 Å². The number of amides is 1. The van der Waals surface area contributed by atoms with E-state index in [1.165, 1.54) is 12.1 Å². The third-order valence-corrected chi connectivity index (χ3v) is 4.41. The van der Waals surface area contributed by atoms with Crippen molar-refractivity contribution in [3.63, 3.8) is 0 Å². The molecule has 0 aliphatic heterocycles. The highest BCUT2D eigenvalue weighted by atomic mass is 127. The van der Waals surface area contributed by atoms with Gasteiger partial charge in [-0.2, -0.15) is 13.2 Å². The van der Waals surface area contributed by atoms with Crippen molar-refractivity contribution in [1.29, 1.82) is 0 Å². The number of benzene rings is 2. The van der Waals surface area contributed by atoms with Crippen LogP contribution in [0.25, 0.3) is 0 Å². The first kappa shape index (κ1) is 20.8. The number of hydrogen-bond donors (Lipinski definition) is 2. The predicted molar refractivity (Wildman–Crippen MR) is 99.4 cm³/mol. The summed E-state index contributed by atoms with van der Waals surface area (Å²) in [4.78, 5) is 12.1. The van der Waals surface area contributed by atoms with E-state index in [4.69, 9.17) is 16.3 Å². The highest BCUT2D eigenvalue weighted by molar-refractivity contribution is 14.1. The molecule has 0 saturated heterocycles. The molecule has 26 heavy (non-hydrogen) atoms. The molecule has 4 nitrogen and oxygen atoms in total. The molecule has 0 saturated carbocycles. The molecular formula is C17H14ClF3INO3. The van der Waals surface area contributed by atoms with Crippen molar-refractivity contribution in [2.75, 3.05) is 13.2 Å². The molecule has 0 aliphatic carbocycles. The van der Waals surface area contributed by atoms with Crippen molar-refractivity contribution in [2.24, 2.45) is 0 Å². The molecule has 2 aromatic rings. The summed E-state index contributed by atoms with van der Waals surface area (Å²) in [5, 5.41) is 12.9. The van der Waals surface area contributed by atoms with Crippen molar-refractivity contribution in [3.05, 3.63) is 62.2 Å². The normalized spacial score (nSPS) is 12.5. The zero-order valence-electron chi connectivity index (χ0n) is 13.2. The van der Waals surface area contributed by atoms with Crippen LogP contribution in [-0.2, 0) is 6.18 Å². The molecule has 2 rings (SSSR count). The maximum Gasteiger partial charge on any atom is 0.416 e. The molecule has 0 bridgehead atoms. The molecule has 2 N–H and O–H groups in total. The number of hydrogen-bond acceptors (Lipinski definition) is 3. The third kappa shape index (κ3) is 6.03. The Bertz CT molecular complexity index is 786. The van der Waals surface area contributed by atoms with Crippen molar-refractivity contribution < 1.29 is 27.8 Å². The predicted octanol–water partition coefficient (Wildman–Crippen LogP) is 4.13. The molecule has 0 radical (unpaired) electrons. The van der Waals surface area contributed by atoms with Gasteiger partial charge >= 0.3 is 6.18 Å². The third-order valence-electron chi connectivity index (χ3n) is 3.28. The minimum atomic E-state index is -4.47. The van der Waals surface area contributed by atoms with E-state index < -0.39 is 23.8 Å². The van der Waals surface area contributed by atoms with Gasteiger partial charge in [0.15, 0.2) is 0 Å². The largest absolute Gasteiger partial charge is 0.491 e. The van der Waals surface area contributed by atoms with E-state index in [0.717, 1.165) is 12.1 Å². The lowest BCUT2D eigenvalue weighted by molar-refractivity contribution is -0.137. The minimum absolute atomic E-state index is 0.0162. The van der Waals surface area contributed by atoms with Gasteiger partial charge in [0, 0.05) is 15.1 Å². The lowest BCUT2D eigenvalue weighted by atomic mass is 10.2. The molecular weight excluding hydrogens is 486 g/mol. The van der Waals surface area contributed by atoms with Gasteiger partial charge in [0.2, 0.25) is 0 Å². The van der Waals surface area contributed by atoms with Crippen LogP contribution in [0.3, 0.4) is 0 Å². The van der Waals surface area contributed by atoms with Gasteiger partial charge in [-0.3, -0.25) is 4.79 Å².